The van der Waals surface area contributed by atoms with Crippen LogP contribution in [0.15, 0.2) is 22.7 Å². The second-order valence-corrected chi connectivity index (χ2v) is 4.78. The molecule has 0 bridgehead atoms. The zero-order chi connectivity index (χ0) is 14.6. The second kappa shape index (κ2) is 6.33. The van der Waals surface area contributed by atoms with Crippen molar-refractivity contribution in [1.29, 1.82) is 0 Å². The van der Waals surface area contributed by atoms with Crippen LogP contribution in [0.25, 0.3) is 0 Å². The quantitative estimate of drug-likeness (QED) is 0.757. The van der Waals surface area contributed by atoms with Gasteiger partial charge in [0.1, 0.15) is 6.04 Å². The number of rotatable bonds is 5. The van der Waals surface area contributed by atoms with Crippen molar-refractivity contribution in [2.45, 2.75) is 19.4 Å². The van der Waals surface area contributed by atoms with E-state index in [2.05, 4.69) is 21.2 Å². The molecule has 7 heteroatoms. The molecule has 102 valence electrons. The molecule has 0 radical (unpaired) electrons. The smallest absolute Gasteiger partial charge is 0.326 e. The number of carbonyl (C=O) groups is 3. The summed E-state index contributed by atoms with van der Waals surface area (Å²) in [7, 11) is 0. The number of nitrogens with one attached hydrogen (secondary N) is 1. The van der Waals surface area contributed by atoms with Gasteiger partial charge in [0, 0.05) is 10.0 Å². The molecule has 1 rings (SSSR count). The van der Waals surface area contributed by atoms with E-state index in [0.29, 0.717) is 4.47 Å². The number of carboxylic acids is 2. The number of halogens is 1. The van der Waals surface area contributed by atoms with Crippen LogP contribution < -0.4 is 5.32 Å². The van der Waals surface area contributed by atoms with E-state index < -0.39 is 30.3 Å². The maximum atomic E-state index is 11.8. The van der Waals surface area contributed by atoms with Crippen molar-refractivity contribution in [1.82, 2.24) is 5.32 Å². The van der Waals surface area contributed by atoms with Gasteiger partial charge in [0.05, 0.1) is 6.42 Å². The van der Waals surface area contributed by atoms with Gasteiger partial charge in [-0.1, -0.05) is 22.0 Å². The molecule has 0 aliphatic rings. The zero-order valence-electron chi connectivity index (χ0n) is 10.0. The van der Waals surface area contributed by atoms with Crippen molar-refractivity contribution >= 4 is 33.8 Å². The van der Waals surface area contributed by atoms with Crippen LogP contribution in [-0.2, 0) is 9.59 Å². The van der Waals surface area contributed by atoms with Crippen molar-refractivity contribution in [2.75, 3.05) is 0 Å². The number of carbonyl (C=O) groups excluding carboxylic acids is 1. The maximum absolute atomic E-state index is 11.8. The summed E-state index contributed by atoms with van der Waals surface area (Å²) in [6.45, 7) is 1.84. The Kier molecular flexibility index (Phi) is 5.05. The highest BCUT2D eigenvalue weighted by molar-refractivity contribution is 9.10. The third-order valence-corrected chi connectivity index (χ3v) is 3.27. The first-order valence-corrected chi connectivity index (χ1v) is 6.12. The summed E-state index contributed by atoms with van der Waals surface area (Å²) in [5, 5.41) is 19.6. The molecule has 6 nitrogen and oxygen atoms in total. The van der Waals surface area contributed by atoms with E-state index in [-0.39, 0.29) is 5.56 Å². The Balaban J connectivity index is 2.84. The number of carboxylic acid groups (broad SMARTS) is 2. The molecule has 0 fully saturated rings. The van der Waals surface area contributed by atoms with Crippen molar-refractivity contribution in [3.63, 3.8) is 0 Å². The SMILES string of the molecule is Cc1ccc(C(=O)N[C@H](CC(=O)O)C(=O)O)cc1Br. The van der Waals surface area contributed by atoms with Crippen molar-refractivity contribution in [3.8, 4) is 0 Å². The van der Waals surface area contributed by atoms with Gasteiger partial charge < -0.3 is 15.5 Å². The lowest BCUT2D eigenvalue weighted by Crippen LogP contribution is -2.42. The Bertz CT molecular complexity index is 529. The molecule has 0 spiro atoms. The second-order valence-electron chi connectivity index (χ2n) is 3.93. The van der Waals surface area contributed by atoms with E-state index in [9.17, 15) is 14.4 Å². The lowest BCUT2D eigenvalue weighted by molar-refractivity contribution is -0.145. The Morgan fingerprint density at radius 3 is 2.42 bits per heavy atom. The first kappa shape index (κ1) is 15.2. The van der Waals surface area contributed by atoms with Gasteiger partial charge in [-0.3, -0.25) is 9.59 Å². The number of aliphatic carboxylic acids is 2. The van der Waals surface area contributed by atoms with Gasteiger partial charge in [0.15, 0.2) is 0 Å². The molecular weight excluding hydrogens is 318 g/mol. The van der Waals surface area contributed by atoms with Gasteiger partial charge in [-0.05, 0) is 24.6 Å². The maximum Gasteiger partial charge on any atom is 0.326 e. The largest absolute Gasteiger partial charge is 0.481 e. The van der Waals surface area contributed by atoms with Gasteiger partial charge >= 0.3 is 11.9 Å². The summed E-state index contributed by atoms with van der Waals surface area (Å²) in [4.78, 5) is 33.2. The van der Waals surface area contributed by atoms with Crippen LogP contribution in [0.2, 0.25) is 0 Å². The minimum Gasteiger partial charge on any atom is -0.481 e. The molecule has 0 heterocycles. The molecular formula is C12H12BrNO5. The Hall–Kier alpha value is -1.89. The topological polar surface area (TPSA) is 104 Å². The number of aryl methyl sites for hydroxylation is 1. The minimum absolute atomic E-state index is 0.258. The fourth-order valence-electron chi connectivity index (χ4n) is 1.35. The summed E-state index contributed by atoms with van der Waals surface area (Å²) >= 11 is 3.26. The van der Waals surface area contributed by atoms with E-state index in [1.807, 2.05) is 6.92 Å². The number of hydrogen-bond donors (Lipinski definition) is 3. The monoisotopic (exact) mass is 329 g/mol. The van der Waals surface area contributed by atoms with Crippen LogP contribution in [0.3, 0.4) is 0 Å². The first-order valence-electron chi connectivity index (χ1n) is 5.33. The molecule has 0 saturated heterocycles. The number of hydrogen-bond acceptors (Lipinski definition) is 3. The molecule has 0 aliphatic carbocycles. The minimum atomic E-state index is -1.45. The average molecular weight is 330 g/mol. The Morgan fingerprint density at radius 2 is 1.95 bits per heavy atom. The van der Waals surface area contributed by atoms with Crippen LogP contribution in [0.1, 0.15) is 22.3 Å². The molecule has 0 aromatic heterocycles. The number of amides is 1. The number of benzene rings is 1. The molecule has 1 amide bonds. The van der Waals surface area contributed by atoms with E-state index in [4.69, 9.17) is 10.2 Å². The van der Waals surface area contributed by atoms with Gasteiger partial charge in [-0.2, -0.15) is 0 Å². The lowest BCUT2D eigenvalue weighted by Gasteiger charge is -2.12. The highest BCUT2D eigenvalue weighted by atomic mass is 79.9. The lowest BCUT2D eigenvalue weighted by atomic mass is 10.1. The molecule has 1 atom stereocenters. The Labute approximate surface area is 117 Å². The Morgan fingerprint density at radius 1 is 1.32 bits per heavy atom. The summed E-state index contributed by atoms with van der Waals surface area (Å²) in [6, 6.07) is 3.33. The van der Waals surface area contributed by atoms with Gasteiger partial charge in [-0.15, -0.1) is 0 Å². The first-order chi connectivity index (χ1) is 8.81. The highest BCUT2D eigenvalue weighted by Gasteiger charge is 2.23. The fourth-order valence-corrected chi connectivity index (χ4v) is 1.73. The molecule has 0 saturated carbocycles. The van der Waals surface area contributed by atoms with Gasteiger partial charge in [-0.25, -0.2) is 4.79 Å². The summed E-state index contributed by atoms with van der Waals surface area (Å²) < 4.78 is 0.713. The standard InChI is InChI=1S/C12H12BrNO5/c1-6-2-3-7(4-8(6)13)11(17)14-9(12(18)19)5-10(15)16/h2-4,9H,5H2,1H3,(H,14,17)(H,15,16)(H,18,19)/t9-/m1/s1. The molecule has 1 aromatic carbocycles. The molecule has 0 unspecified atom stereocenters. The molecule has 0 aliphatic heterocycles. The highest BCUT2D eigenvalue weighted by Crippen LogP contribution is 2.17. The van der Waals surface area contributed by atoms with Gasteiger partial charge in [0.25, 0.3) is 5.91 Å². The molecule has 3 N–H and O–H groups in total. The van der Waals surface area contributed by atoms with E-state index in [1.54, 1.807) is 12.1 Å². The van der Waals surface area contributed by atoms with Crippen molar-refractivity contribution in [3.05, 3.63) is 33.8 Å². The third-order valence-electron chi connectivity index (χ3n) is 2.42. The van der Waals surface area contributed by atoms with E-state index in [1.165, 1.54) is 6.07 Å². The van der Waals surface area contributed by atoms with Crippen molar-refractivity contribution < 1.29 is 24.6 Å². The molecule has 19 heavy (non-hydrogen) atoms. The van der Waals surface area contributed by atoms with Crippen LogP contribution in [0.5, 0.6) is 0 Å². The summed E-state index contributed by atoms with van der Waals surface area (Å²) in [6.07, 6.45) is -0.673. The van der Waals surface area contributed by atoms with Crippen LogP contribution in [0, 0.1) is 6.92 Å². The molecule has 1 aromatic rings. The van der Waals surface area contributed by atoms with E-state index >= 15 is 0 Å². The zero-order valence-corrected chi connectivity index (χ0v) is 11.6. The average Bonchev–Trinajstić information content (AvgIpc) is 2.31. The fraction of sp³-hybridized carbons (Fsp3) is 0.250. The summed E-state index contributed by atoms with van der Waals surface area (Å²) in [5.74, 6) is -3.31. The van der Waals surface area contributed by atoms with Crippen molar-refractivity contribution in [2.24, 2.45) is 0 Å². The summed E-state index contributed by atoms with van der Waals surface area (Å²) in [5.41, 5.74) is 1.19. The predicted molar refractivity (Wildman–Crippen MR) is 70.0 cm³/mol. The van der Waals surface area contributed by atoms with Crippen LogP contribution in [-0.4, -0.2) is 34.1 Å². The normalized spacial score (nSPS) is 11.7. The predicted octanol–water partition coefficient (Wildman–Crippen LogP) is 1.42. The van der Waals surface area contributed by atoms with Crippen LogP contribution >= 0.6 is 15.9 Å². The van der Waals surface area contributed by atoms with Gasteiger partial charge in [0.2, 0.25) is 0 Å². The van der Waals surface area contributed by atoms with E-state index in [0.717, 1.165) is 5.56 Å². The third kappa shape index (κ3) is 4.36. The van der Waals surface area contributed by atoms with Crippen LogP contribution in [0.4, 0.5) is 0 Å².